The lowest BCUT2D eigenvalue weighted by atomic mass is 10.1. The molecule has 0 radical (unpaired) electrons. The maximum atomic E-state index is 14.2. The summed E-state index contributed by atoms with van der Waals surface area (Å²) in [4.78, 5) is 0. The molecule has 0 aliphatic rings. The molecule has 1 atom stereocenters. The van der Waals surface area contributed by atoms with E-state index in [1.165, 1.54) is 11.6 Å². The molecule has 1 aromatic heterocycles. The molecule has 0 fully saturated rings. The highest BCUT2D eigenvalue weighted by Crippen LogP contribution is 2.26. The van der Waals surface area contributed by atoms with Crippen molar-refractivity contribution in [1.29, 1.82) is 0 Å². The van der Waals surface area contributed by atoms with Gasteiger partial charge in [-0.3, -0.25) is 0 Å². The monoisotopic (exact) mass is 261 g/mol. The number of nitrogens with zero attached hydrogens (tertiary/aromatic N) is 2. The molecule has 3 nitrogen and oxygen atoms in total. The van der Waals surface area contributed by atoms with Gasteiger partial charge >= 0.3 is 0 Å². The third-order valence-electron chi connectivity index (χ3n) is 3.52. The number of nitrogens with two attached hydrogens (primary N) is 1. The van der Waals surface area contributed by atoms with E-state index < -0.39 is 0 Å². The van der Waals surface area contributed by atoms with Crippen molar-refractivity contribution >= 4 is 0 Å². The Labute approximate surface area is 113 Å². The number of hydrogen-bond acceptors (Lipinski definition) is 2. The Kier molecular flexibility index (Phi) is 3.71. The van der Waals surface area contributed by atoms with Crippen LogP contribution in [0.2, 0.25) is 0 Å². The average molecular weight is 261 g/mol. The van der Waals surface area contributed by atoms with Crippen molar-refractivity contribution in [2.45, 2.75) is 40.2 Å². The van der Waals surface area contributed by atoms with E-state index in [1.807, 2.05) is 26.8 Å². The molecule has 2 N–H and O–H groups in total. The lowest BCUT2D eigenvalue weighted by molar-refractivity contribution is 0.599. The van der Waals surface area contributed by atoms with Crippen molar-refractivity contribution < 1.29 is 4.39 Å². The van der Waals surface area contributed by atoms with E-state index in [0.29, 0.717) is 5.69 Å². The molecule has 102 valence electrons. The highest BCUT2D eigenvalue weighted by molar-refractivity contribution is 5.46. The first-order chi connectivity index (χ1) is 8.97. The molecule has 0 aliphatic heterocycles. The minimum Gasteiger partial charge on any atom is -0.324 e. The van der Waals surface area contributed by atoms with E-state index in [-0.39, 0.29) is 11.9 Å². The number of aromatic nitrogens is 2. The summed E-state index contributed by atoms with van der Waals surface area (Å²) in [6.45, 7) is 7.85. The molecule has 2 rings (SSSR count). The quantitative estimate of drug-likeness (QED) is 0.922. The molecule has 2 aromatic rings. The number of halogens is 1. The summed E-state index contributed by atoms with van der Waals surface area (Å²) in [6.07, 6.45) is 0.889. The molecule has 19 heavy (non-hydrogen) atoms. The van der Waals surface area contributed by atoms with E-state index in [9.17, 15) is 4.39 Å². The van der Waals surface area contributed by atoms with Crippen LogP contribution in [0.3, 0.4) is 0 Å². The topological polar surface area (TPSA) is 43.8 Å². The van der Waals surface area contributed by atoms with Gasteiger partial charge in [-0.1, -0.05) is 19.1 Å². The summed E-state index contributed by atoms with van der Waals surface area (Å²) in [5, 5.41) is 4.48. The minimum absolute atomic E-state index is 0.236. The van der Waals surface area contributed by atoms with Gasteiger partial charge in [-0.25, -0.2) is 9.07 Å². The fourth-order valence-corrected chi connectivity index (χ4v) is 2.53. The van der Waals surface area contributed by atoms with E-state index in [2.05, 4.69) is 12.0 Å². The Morgan fingerprint density at radius 1 is 1.37 bits per heavy atom. The first-order valence-corrected chi connectivity index (χ1v) is 6.56. The molecule has 0 bridgehead atoms. The van der Waals surface area contributed by atoms with Crippen molar-refractivity contribution in [3.63, 3.8) is 0 Å². The Morgan fingerprint density at radius 2 is 2.05 bits per heavy atom. The smallest absolute Gasteiger partial charge is 0.149 e. The fraction of sp³-hybridized carbons (Fsp3) is 0.400. The molecule has 1 aromatic carbocycles. The van der Waals surface area contributed by atoms with Crippen molar-refractivity contribution in [2.24, 2.45) is 5.73 Å². The van der Waals surface area contributed by atoms with E-state index in [4.69, 9.17) is 5.73 Å². The van der Waals surface area contributed by atoms with Crippen LogP contribution in [-0.4, -0.2) is 9.78 Å². The van der Waals surface area contributed by atoms with Crippen LogP contribution in [0.1, 0.15) is 42.4 Å². The van der Waals surface area contributed by atoms with Crippen LogP contribution < -0.4 is 5.73 Å². The van der Waals surface area contributed by atoms with Crippen LogP contribution in [-0.2, 0) is 6.42 Å². The van der Waals surface area contributed by atoms with Crippen molar-refractivity contribution in [3.05, 3.63) is 46.5 Å². The van der Waals surface area contributed by atoms with Crippen molar-refractivity contribution in [3.8, 4) is 5.69 Å². The normalized spacial score (nSPS) is 12.7. The SMILES string of the molecule is CCc1c(C)nn(-c2c(F)cccc2[C@H](C)N)c1C. The summed E-state index contributed by atoms with van der Waals surface area (Å²) in [5.41, 5.74) is 10.3. The van der Waals surface area contributed by atoms with Gasteiger partial charge in [0.2, 0.25) is 0 Å². The second-order valence-corrected chi connectivity index (χ2v) is 4.88. The Bertz CT molecular complexity index is 600. The largest absolute Gasteiger partial charge is 0.324 e. The molecule has 0 spiro atoms. The predicted octanol–water partition coefficient (Wildman–Crippen LogP) is 3.21. The van der Waals surface area contributed by atoms with Crippen LogP contribution in [0.5, 0.6) is 0 Å². The number of aryl methyl sites for hydroxylation is 1. The number of hydrogen-bond donors (Lipinski definition) is 1. The molecular formula is C15H20FN3. The lowest BCUT2D eigenvalue weighted by Crippen LogP contribution is -2.13. The molecule has 0 saturated heterocycles. The molecule has 0 aliphatic carbocycles. The Balaban J connectivity index is 2.72. The minimum atomic E-state index is -0.289. The van der Waals surface area contributed by atoms with E-state index in [0.717, 1.165) is 23.4 Å². The highest BCUT2D eigenvalue weighted by Gasteiger charge is 2.18. The van der Waals surface area contributed by atoms with Crippen LogP contribution >= 0.6 is 0 Å². The van der Waals surface area contributed by atoms with E-state index >= 15 is 0 Å². The predicted molar refractivity (Wildman–Crippen MR) is 75.0 cm³/mol. The van der Waals surface area contributed by atoms with Gasteiger partial charge in [0.15, 0.2) is 0 Å². The van der Waals surface area contributed by atoms with Gasteiger partial charge in [0.1, 0.15) is 11.5 Å². The summed E-state index contributed by atoms with van der Waals surface area (Å²) in [6, 6.07) is 4.75. The summed E-state index contributed by atoms with van der Waals surface area (Å²) >= 11 is 0. The molecule has 4 heteroatoms. The zero-order chi connectivity index (χ0) is 14.2. The summed E-state index contributed by atoms with van der Waals surface area (Å²) in [5.74, 6) is -0.289. The first-order valence-electron chi connectivity index (χ1n) is 6.56. The Hall–Kier alpha value is -1.68. The molecule has 0 unspecified atom stereocenters. The van der Waals surface area contributed by atoms with E-state index in [1.54, 1.807) is 10.7 Å². The van der Waals surface area contributed by atoms with Crippen LogP contribution in [0.25, 0.3) is 5.69 Å². The zero-order valence-electron chi connectivity index (χ0n) is 11.9. The number of rotatable bonds is 3. The van der Waals surface area contributed by atoms with Gasteiger partial charge in [-0.15, -0.1) is 0 Å². The van der Waals surface area contributed by atoms with Crippen molar-refractivity contribution in [1.82, 2.24) is 9.78 Å². The van der Waals surface area contributed by atoms with Crippen LogP contribution in [0, 0.1) is 19.7 Å². The summed E-state index contributed by atoms with van der Waals surface area (Å²) < 4.78 is 15.9. The second kappa shape index (κ2) is 5.13. The molecule has 1 heterocycles. The average Bonchev–Trinajstić information content (AvgIpc) is 2.63. The lowest BCUT2D eigenvalue weighted by Gasteiger charge is -2.15. The number of para-hydroxylation sites is 1. The van der Waals surface area contributed by atoms with Gasteiger partial charge < -0.3 is 5.73 Å². The maximum Gasteiger partial charge on any atom is 0.149 e. The van der Waals surface area contributed by atoms with Gasteiger partial charge in [-0.05, 0) is 44.4 Å². The fourth-order valence-electron chi connectivity index (χ4n) is 2.53. The van der Waals surface area contributed by atoms with Gasteiger partial charge in [0.05, 0.1) is 5.69 Å². The summed E-state index contributed by atoms with van der Waals surface area (Å²) in [7, 11) is 0. The molecule has 0 saturated carbocycles. The van der Waals surface area contributed by atoms with Gasteiger partial charge in [0.25, 0.3) is 0 Å². The second-order valence-electron chi connectivity index (χ2n) is 4.88. The van der Waals surface area contributed by atoms with Gasteiger partial charge in [-0.2, -0.15) is 5.10 Å². The maximum absolute atomic E-state index is 14.2. The standard InChI is InChI=1S/C15H20FN3/c1-5-12-10(3)18-19(11(12)4)15-13(9(2)17)7-6-8-14(15)16/h6-9H,5,17H2,1-4H3/t9-/m0/s1. The third kappa shape index (κ3) is 2.28. The first kappa shape index (κ1) is 13.7. The third-order valence-corrected chi connectivity index (χ3v) is 3.52. The van der Waals surface area contributed by atoms with Crippen LogP contribution in [0.15, 0.2) is 18.2 Å². The zero-order valence-corrected chi connectivity index (χ0v) is 11.9. The number of benzene rings is 1. The molecule has 0 amide bonds. The van der Waals surface area contributed by atoms with Crippen LogP contribution in [0.4, 0.5) is 4.39 Å². The molecular weight excluding hydrogens is 241 g/mol. The van der Waals surface area contributed by atoms with Crippen molar-refractivity contribution in [2.75, 3.05) is 0 Å². The van der Waals surface area contributed by atoms with Gasteiger partial charge in [0, 0.05) is 11.7 Å². The highest BCUT2D eigenvalue weighted by atomic mass is 19.1. The Morgan fingerprint density at radius 3 is 2.58 bits per heavy atom.